The van der Waals surface area contributed by atoms with Gasteiger partial charge in [0, 0.05) is 19.0 Å². The summed E-state index contributed by atoms with van der Waals surface area (Å²) in [7, 11) is 0. The summed E-state index contributed by atoms with van der Waals surface area (Å²) < 4.78 is 0. The van der Waals surface area contributed by atoms with Crippen LogP contribution in [0.2, 0.25) is 0 Å². The zero-order valence-corrected chi connectivity index (χ0v) is 13.4. The summed E-state index contributed by atoms with van der Waals surface area (Å²) in [6.07, 6.45) is 4.18. The lowest BCUT2D eigenvalue weighted by atomic mass is 9.98. The molecule has 1 aliphatic heterocycles. The van der Waals surface area contributed by atoms with Crippen LogP contribution in [0.4, 0.5) is 0 Å². The van der Waals surface area contributed by atoms with E-state index in [4.69, 9.17) is 0 Å². The second-order valence-corrected chi connectivity index (χ2v) is 6.12. The van der Waals surface area contributed by atoms with Crippen molar-refractivity contribution in [3.63, 3.8) is 0 Å². The summed E-state index contributed by atoms with van der Waals surface area (Å²) in [4.78, 5) is 18.9. The third-order valence-corrected chi connectivity index (χ3v) is 3.95. The van der Waals surface area contributed by atoms with Crippen LogP contribution in [0.5, 0.6) is 0 Å². The van der Waals surface area contributed by atoms with Crippen LogP contribution in [0, 0.1) is 5.92 Å². The van der Waals surface area contributed by atoms with E-state index >= 15 is 0 Å². The molecule has 1 fully saturated rings. The molecule has 1 saturated heterocycles. The number of aromatic nitrogens is 3. The second-order valence-electron chi connectivity index (χ2n) is 6.12. The molecule has 0 aromatic carbocycles. The molecular weight excluding hydrogens is 266 g/mol. The summed E-state index contributed by atoms with van der Waals surface area (Å²) >= 11 is 0. The van der Waals surface area contributed by atoms with E-state index in [1.807, 2.05) is 18.7 Å². The zero-order chi connectivity index (χ0) is 15.2. The van der Waals surface area contributed by atoms with Crippen LogP contribution in [-0.4, -0.2) is 51.7 Å². The first-order chi connectivity index (χ1) is 10.1. The van der Waals surface area contributed by atoms with Gasteiger partial charge in [0.15, 0.2) is 0 Å². The number of hydrogen-bond acceptors (Lipinski definition) is 4. The van der Waals surface area contributed by atoms with E-state index in [-0.39, 0.29) is 11.9 Å². The minimum Gasteiger partial charge on any atom is -0.333 e. The summed E-state index contributed by atoms with van der Waals surface area (Å²) in [5, 5.41) is 10.4. The van der Waals surface area contributed by atoms with Gasteiger partial charge in [-0.25, -0.2) is 4.98 Å². The van der Waals surface area contributed by atoms with Gasteiger partial charge in [-0.1, -0.05) is 6.92 Å². The Morgan fingerprint density at radius 1 is 1.48 bits per heavy atom. The number of aromatic amines is 1. The Morgan fingerprint density at radius 3 is 2.90 bits per heavy atom. The van der Waals surface area contributed by atoms with Crippen LogP contribution in [0.15, 0.2) is 0 Å². The fourth-order valence-electron chi connectivity index (χ4n) is 2.75. The smallest absolute Gasteiger partial charge is 0.293 e. The van der Waals surface area contributed by atoms with E-state index in [2.05, 4.69) is 27.4 Å². The molecule has 0 saturated carbocycles. The molecule has 1 amide bonds. The Morgan fingerprint density at radius 2 is 2.29 bits per heavy atom. The van der Waals surface area contributed by atoms with Crippen LogP contribution in [0.1, 0.15) is 56.5 Å². The van der Waals surface area contributed by atoms with Crippen molar-refractivity contribution in [3.05, 3.63) is 11.6 Å². The van der Waals surface area contributed by atoms with Gasteiger partial charge < -0.3 is 10.2 Å². The number of amides is 1. The number of piperidine rings is 1. The molecule has 6 nitrogen and oxygen atoms in total. The highest BCUT2D eigenvalue weighted by Gasteiger charge is 2.26. The summed E-state index contributed by atoms with van der Waals surface area (Å²) in [6, 6.07) is 0.160. The van der Waals surface area contributed by atoms with Gasteiger partial charge in [-0.15, -0.1) is 5.10 Å². The van der Waals surface area contributed by atoms with Crippen molar-refractivity contribution in [1.82, 2.24) is 25.4 Å². The SMILES string of the molecule is CCCc1nc(C(=O)N(CC2CCCNC2)C(C)C)n[nH]1. The number of rotatable bonds is 6. The van der Waals surface area contributed by atoms with Gasteiger partial charge in [-0.3, -0.25) is 9.89 Å². The molecule has 1 aromatic heterocycles. The molecule has 2 N–H and O–H groups in total. The maximum absolute atomic E-state index is 12.6. The molecule has 1 aliphatic rings. The van der Waals surface area contributed by atoms with Crippen LogP contribution >= 0.6 is 0 Å². The molecule has 0 bridgehead atoms. The van der Waals surface area contributed by atoms with Gasteiger partial charge in [0.1, 0.15) is 5.82 Å². The average molecular weight is 293 g/mol. The molecule has 1 aromatic rings. The molecule has 0 aliphatic carbocycles. The maximum atomic E-state index is 12.6. The number of carbonyl (C=O) groups is 1. The molecule has 2 heterocycles. The van der Waals surface area contributed by atoms with Crippen molar-refractivity contribution in [2.45, 2.75) is 52.5 Å². The van der Waals surface area contributed by atoms with E-state index in [1.54, 1.807) is 0 Å². The van der Waals surface area contributed by atoms with E-state index in [0.717, 1.165) is 38.3 Å². The number of nitrogens with one attached hydrogen (secondary N) is 2. The molecule has 0 spiro atoms. The predicted molar refractivity (Wildman–Crippen MR) is 82.1 cm³/mol. The Bertz CT molecular complexity index is 451. The fraction of sp³-hybridized carbons (Fsp3) is 0.800. The first-order valence-electron chi connectivity index (χ1n) is 8.04. The van der Waals surface area contributed by atoms with Crippen molar-refractivity contribution in [2.75, 3.05) is 19.6 Å². The third-order valence-electron chi connectivity index (χ3n) is 3.95. The first-order valence-corrected chi connectivity index (χ1v) is 8.04. The highest BCUT2D eigenvalue weighted by molar-refractivity contribution is 5.90. The Balaban J connectivity index is 2.03. The van der Waals surface area contributed by atoms with Crippen molar-refractivity contribution < 1.29 is 4.79 Å². The van der Waals surface area contributed by atoms with Crippen LogP contribution in [-0.2, 0) is 6.42 Å². The lowest BCUT2D eigenvalue weighted by Gasteiger charge is -2.32. The molecule has 1 unspecified atom stereocenters. The molecule has 0 radical (unpaired) electrons. The third kappa shape index (κ3) is 4.27. The van der Waals surface area contributed by atoms with E-state index < -0.39 is 0 Å². The van der Waals surface area contributed by atoms with Gasteiger partial charge in [0.2, 0.25) is 5.82 Å². The number of carbonyl (C=O) groups excluding carboxylic acids is 1. The minimum atomic E-state index is -0.0609. The zero-order valence-electron chi connectivity index (χ0n) is 13.4. The summed E-state index contributed by atoms with van der Waals surface area (Å²) in [6.45, 7) is 9.04. The molecule has 118 valence electrons. The van der Waals surface area contributed by atoms with Crippen molar-refractivity contribution in [1.29, 1.82) is 0 Å². The monoisotopic (exact) mass is 293 g/mol. The molecule has 2 rings (SSSR count). The van der Waals surface area contributed by atoms with Gasteiger partial charge in [-0.2, -0.15) is 0 Å². The summed E-state index contributed by atoms with van der Waals surface area (Å²) in [5.41, 5.74) is 0. The number of hydrogen-bond donors (Lipinski definition) is 2. The standard InChI is InChI=1S/C15H27N5O/c1-4-6-13-17-14(19-18-13)15(21)20(11(2)3)10-12-7-5-8-16-9-12/h11-12,16H,4-10H2,1-3H3,(H,17,18,19). The largest absolute Gasteiger partial charge is 0.333 e. The Kier molecular flexibility index (Phi) is 5.73. The van der Waals surface area contributed by atoms with E-state index in [1.165, 1.54) is 12.8 Å². The maximum Gasteiger partial charge on any atom is 0.293 e. The predicted octanol–water partition coefficient (Wildman–Crippen LogP) is 1.61. The van der Waals surface area contributed by atoms with Crippen molar-refractivity contribution in [2.24, 2.45) is 5.92 Å². The number of nitrogens with zero attached hydrogens (tertiary/aromatic N) is 3. The Labute approximate surface area is 126 Å². The molecule has 1 atom stereocenters. The van der Waals surface area contributed by atoms with E-state index in [0.29, 0.717) is 11.7 Å². The van der Waals surface area contributed by atoms with Gasteiger partial charge in [0.05, 0.1) is 0 Å². The van der Waals surface area contributed by atoms with Crippen LogP contribution in [0.3, 0.4) is 0 Å². The van der Waals surface area contributed by atoms with Gasteiger partial charge in [0.25, 0.3) is 5.91 Å². The molecule has 21 heavy (non-hydrogen) atoms. The fourth-order valence-corrected chi connectivity index (χ4v) is 2.75. The minimum absolute atomic E-state index is 0.0609. The highest BCUT2D eigenvalue weighted by Crippen LogP contribution is 2.15. The first kappa shape index (κ1) is 15.9. The quantitative estimate of drug-likeness (QED) is 0.835. The number of aryl methyl sites for hydroxylation is 1. The van der Waals surface area contributed by atoms with E-state index in [9.17, 15) is 4.79 Å². The van der Waals surface area contributed by atoms with Crippen LogP contribution in [0.25, 0.3) is 0 Å². The lowest BCUT2D eigenvalue weighted by molar-refractivity contribution is 0.0648. The van der Waals surface area contributed by atoms with Gasteiger partial charge in [-0.05, 0) is 52.1 Å². The van der Waals surface area contributed by atoms with Crippen molar-refractivity contribution in [3.8, 4) is 0 Å². The average Bonchev–Trinajstić information content (AvgIpc) is 2.94. The Hall–Kier alpha value is -1.43. The lowest BCUT2D eigenvalue weighted by Crippen LogP contribution is -2.44. The van der Waals surface area contributed by atoms with Crippen molar-refractivity contribution >= 4 is 5.91 Å². The topological polar surface area (TPSA) is 73.9 Å². The number of H-pyrrole nitrogens is 1. The summed E-state index contributed by atoms with van der Waals surface area (Å²) in [5.74, 6) is 1.56. The normalized spacial score (nSPS) is 19.0. The van der Waals surface area contributed by atoms with Gasteiger partial charge >= 0.3 is 0 Å². The molecular formula is C15H27N5O. The van der Waals surface area contributed by atoms with Crippen LogP contribution < -0.4 is 5.32 Å². The highest BCUT2D eigenvalue weighted by atomic mass is 16.2. The second kappa shape index (κ2) is 7.54. The molecule has 6 heteroatoms.